The molecule has 3 aromatic rings. The van der Waals surface area contributed by atoms with Gasteiger partial charge < -0.3 is 5.32 Å². The minimum absolute atomic E-state index is 0.0861. The number of carbonyl (C=O) groups is 1. The molecule has 3 heteroatoms. The van der Waals surface area contributed by atoms with Gasteiger partial charge in [0, 0.05) is 5.69 Å². The van der Waals surface area contributed by atoms with Crippen molar-refractivity contribution >= 4 is 17.7 Å². The van der Waals surface area contributed by atoms with Gasteiger partial charge in [0.05, 0.1) is 0 Å². The Kier molecular flexibility index (Phi) is 6.83. The number of para-hydroxylation sites is 1. The number of hydrogen-bond donors (Lipinski definition) is 1. The standard InChI is InChI=1S/C27H26N2O/c1-4-24-7-5-6-8-26(24)29-27(30)25(18-28)17-22-11-9-21(10-12-22)16-23-14-19(2)13-20(3)15-23/h5-15,17H,4,16H2,1-3H3,(H,29,30)/b25-17+. The fourth-order valence-electron chi connectivity index (χ4n) is 3.59. The lowest BCUT2D eigenvalue weighted by Gasteiger charge is -2.09. The smallest absolute Gasteiger partial charge is 0.266 e. The highest BCUT2D eigenvalue weighted by atomic mass is 16.1. The van der Waals surface area contributed by atoms with E-state index in [1.54, 1.807) is 6.08 Å². The van der Waals surface area contributed by atoms with Gasteiger partial charge >= 0.3 is 0 Å². The van der Waals surface area contributed by atoms with Crippen molar-refractivity contribution in [3.05, 3.63) is 106 Å². The zero-order valence-corrected chi connectivity index (χ0v) is 17.7. The van der Waals surface area contributed by atoms with Crippen LogP contribution in [0.15, 0.2) is 72.3 Å². The van der Waals surface area contributed by atoms with Crippen molar-refractivity contribution in [2.24, 2.45) is 0 Å². The minimum atomic E-state index is -0.391. The molecule has 0 aromatic heterocycles. The van der Waals surface area contributed by atoms with Crippen LogP contribution in [0.25, 0.3) is 6.08 Å². The quantitative estimate of drug-likeness (QED) is 0.412. The molecule has 30 heavy (non-hydrogen) atoms. The van der Waals surface area contributed by atoms with E-state index in [2.05, 4.69) is 37.4 Å². The van der Waals surface area contributed by atoms with Gasteiger partial charge in [-0.25, -0.2) is 0 Å². The lowest BCUT2D eigenvalue weighted by atomic mass is 9.99. The molecular weight excluding hydrogens is 368 g/mol. The highest BCUT2D eigenvalue weighted by Crippen LogP contribution is 2.18. The summed E-state index contributed by atoms with van der Waals surface area (Å²) in [6.07, 6.45) is 3.29. The lowest BCUT2D eigenvalue weighted by molar-refractivity contribution is -0.112. The molecule has 150 valence electrons. The van der Waals surface area contributed by atoms with E-state index in [1.807, 2.05) is 61.5 Å². The molecule has 0 spiro atoms. The molecule has 0 saturated carbocycles. The van der Waals surface area contributed by atoms with E-state index in [-0.39, 0.29) is 5.57 Å². The summed E-state index contributed by atoms with van der Waals surface area (Å²) in [6, 6.07) is 24.2. The Morgan fingerprint density at radius 1 is 0.967 bits per heavy atom. The fraction of sp³-hybridized carbons (Fsp3) is 0.185. The zero-order chi connectivity index (χ0) is 21.5. The van der Waals surface area contributed by atoms with E-state index in [4.69, 9.17) is 0 Å². The van der Waals surface area contributed by atoms with Gasteiger partial charge in [0.2, 0.25) is 0 Å². The van der Waals surface area contributed by atoms with Crippen molar-refractivity contribution < 1.29 is 4.79 Å². The van der Waals surface area contributed by atoms with Crippen LogP contribution in [0.2, 0.25) is 0 Å². The number of nitrogens with zero attached hydrogens (tertiary/aromatic N) is 1. The molecule has 0 radical (unpaired) electrons. The van der Waals surface area contributed by atoms with Gasteiger partial charge in [-0.1, -0.05) is 78.7 Å². The van der Waals surface area contributed by atoms with Crippen molar-refractivity contribution in [3.8, 4) is 6.07 Å². The third-order valence-corrected chi connectivity index (χ3v) is 4.99. The molecule has 0 heterocycles. The Hall–Kier alpha value is -3.64. The maximum absolute atomic E-state index is 12.6. The molecule has 0 fully saturated rings. The predicted octanol–water partition coefficient (Wildman–Crippen LogP) is 6.00. The molecule has 0 bridgehead atoms. The Bertz CT molecular complexity index is 1100. The Balaban J connectivity index is 1.74. The number of aryl methyl sites for hydroxylation is 3. The molecule has 0 atom stereocenters. The summed E-state index contributed by atoms with van der Waals surface area (Å²) in [6.45, 7) is 6.25. The molecule has 0 saturated heterocycles. The molecule has 1 N–H and O–H groups in total. The normalized spacial score (nSPS) is 11.1. The van der Waals surface area contributed by atoms with Crippen LogP contribution in [0.4, 0.5) is 5.69 Å². The van der Waals surface area contributed by atoms with Gasteiger partial charge in [-0.15, -0.1) is 0 Å². The largest absolute Gasteiger partial charge is 0.321 e. The topological polar surface area (TPSA) is 52.9 Å². The van der Waals surface area contributed by atoms with Crippen LogP contribution in [0, 0.1) is 25.2 Å². The van der Waals surface area contributed by atoms with E-state index < -0.39 is 5.91 Å². The highest BCUT2D eigenvalue weighted by Gasteiger charge is 2.11. The van der Waals surface area contributed by atoms with Crippen LogP contribution in [0.1, 0.15) is 40.3 Å². The minimum Gasteiger partial charge on any atom is -0.321 e. The summed E-state index contributed by atoms with van der Waals surface area (Å²) in [4.78, 5) is 12.6. The molecule has 0 aliphatic heterocycles. The monoisotopic (exact) mass is 394 g/mol. The van der Waals surface area contributed by atoms with E-state index in [1.165, 1.54) is 22.3 Å². The van der Waals surface area contributed by atoms with Gasteiger partial charge in [-0.2, -0.15) is 5.26 Å². The number of amides is 1. The maximum atomic E-state index is 12.6. The molecule has 0 unspecified atom stereocenters. The van der Waals surface area contributed by atoms with E-state index >= 15 is 0 Å². The second-order valence-corrected chi connectivity index (χ2v) is 7.55. The third kappa shape index (κ3) is 5.46. The van der Waals surface area contributed by atoms with Crippen LogP contribution in [-0.2, 0) is 17.6 Å². The van der Waals surface area contributed by atoms with E-state index in [9.17, 15) is 10.1 Å². The predicted molar refractivity (Wildman–Crippen MR) is 123 cm³/mol. The van der Waals surface area contributed by atoms with E-state index in [0.29, 0.717) is 0 Å². The first-order valence-electron chi connectivity index (χ1n) is 10.2. The van der Waals surface area contributed by atoms with Crippen LogP contribution in [0.3, 0.4) is 0 Å². The first-order valence-corrected chi connectivity index (χ1v) is 10.2. The molecule has 0 aliphatic carbocycles. The number of carbonyl (C=O) groups excluding carboxylic acids is 1. The lowest BCUT2D eigenvalue weighted by Crippen LogP contribution is -2.14. The first kappa shape index (κ1) is 21.1. The Morgan fingerprint density at radius 3 is 2.27 bits per heavy atom. The Morgan fingerprint density at radius 2 is 1.63 bits per heavy atom. The summed E-state index contributed by atoms with van der Waals surface area (Å²) in [5.41, 5.74) is 7.70. The van der Waals surface area contributed by atoms with Crippen LogP contribution in [-0.4, -0.2) is 5.91 Å². The van der Waals surface area contributed by atoms with Crippen LogP contribution >= 0.6 is 0 Å². The first-order chi connectivity index (χ1) is 14.5. The zero-order valence-electron chi connectivity index (χ0n) is 17.7. The summed E-state index contributed by atoms with van der Waals surface area (Å²) < 4.78 is 0. The van der Waals surface area contributed by atoms with Crippen molar-refractivity contribution in [2.75, 3.05) is 5.32 Å². The van der Waals surface area contributed by atoms with Crippen LogP contribution < -0.4 is 5.32 Å². The van der Waals surface area contributed by atoms with Gasteiger partial charge in [0.15, 0.2) is 0 Å². The number of hydrogen-bond acceptors (Lipinski definition) is 2. The third-order valence-electron chi connectivity index (χ3n) is 4.99. The highest BCUT2D eigenvalue weighted by molar-refractivity contribution is 6.09. The Labute approximate surface area is 178 Å². The van der Waals surface area contributed by atoms with Gasteiger partial charge in [-0.05, 0) is 61.1 Å². The average Bonchev–Trinajstić information content (AvgIpc) is 2.72. The van der Waals surface area contributed by atoms with Gasteiger partial charge in [-0.3, -0.25) is 4.79 Å². The number of nitrogens with one attached hydrogen (secondary N) is 1. The molecule has 3 rings (SSSR count). The fourth-order valence-corrected chi connectivity index (χ4v) is 3.59. The molecule has 3 nitrogen and oxygen atoms in total. The number of benzene rings is 3. The molecule has 0 aliphatic rings. The summed E-state index contributed by atoms with van der Waals surface area (Å²) >= 11 is 0. The van der Waals surface area contributed by atoms with Crippen molar-refractivity contribution in [1.82, 2.24) is 0 Å². The SMILES string of the molecule is CCc1ccccc1NC(=O)/C(C#N)=C/c1ccc(Cc2cc(C)cc(C)c2)cc1. The number of rotatable bonds is 6. The van der Waals surface area contributed by atoms with Crippen molar-refractivity contribution in [1.29, 1.82) is 5.26 Å². The average molecular weight is 395 g/mol. The molecular formula is C27H26N2O. The summed E-state index contributed by atoms with van der Waals surface area (Å²) in [7, 11) is 0. The van der Waals surface area contributed by atoms with Gasteiger partial charge in [0.25, 0.3) is 5.91 Å². The maximum Gasteiger partial charge on any atom is 0.266 e. The number of anilines is 1. The van der Waals surface area contributed by atoms with E-state index in [0.717, 1.165) is 29.7 Å². The summed E-state index contributed by atoms with van der Waals surface area (Å²) in [5, 5.41) is 12.3. The van der Waals surface area contributed by atoms with Crippen molar-refractivity contribution in [3.63, 3.8) is 0 Å². The second kappa shape index (κ2) is 9.71. The van der Waals surface area contributed by atoms with Gasteiger partial charge in [0.1, 0.15) is 11.6 Å². The molecule has 1 amide bonds. The number of nitriles is 1. The second-order valence-electron chi connectivity index (χ2n) is 7.55. The van der Waals surface area contributed by atoms with Crippen LogP contribution in [0.5, 0.6) is 0 Å². The summed E-state index contributed by atoms with van der Waals surface area (Å²) in [5.74, 6) is -0.391. The molecule has 3 aromatic carbocycles. The van der Waals surface area contributed by atoms with Crippen molar-refractivity contribution in [2.45, 2.75) is 33.6 Å².